The van der Waals surface area contributed by atoms with Gasteiger partial charge in [-0.1, -0.05) is 16.8 Å². The molecule has 2 rings (SSSR count). The zero-order valence-corrected chi connectivity index (χ0v) is 11.4. The second-order valence-corrected chi connectivity index (χ2v) is 4.85. The summed E-state index contributed by atoms with van der Waals surface area (Å²) in [5.74, 6) is 0.403. The minimum Gasteiger partial charge on any atom is -0.343 e. The minimum atomic E-state index is -0.799. The normalized spacial score (nSPS) is 11.4. The first kappa shape index (κ1) is 13.4. The molecule has 0 aromatic carbocycles. The molecule has 0 atom stereocenters. The van der Waals surface area contributed by atoms with E-state index < -0.39 is 11.4 Å². The first-order valence-electron chi connectivity index (χ1n) is 5.48. The second kappa shape index (κ2) is 4.93. The van der Waals surface area contributed by atoms with E-state index in [1.165, 1.54) is 12.6 Å². The van der Waals surface area contributed by atoms with Gasteiger partial charge < -0.3 is 9.84 Å². The predicted molar refractivity (Wildman–Crippen MR) is 66.6 cm³/mol. The van der Waals surface area contributed by atoms with Gasteiger partial charge in [-0.3, -0.25) is 4.79 Å². The molecule has 19 heavy (non-hydrogen) atoms. The molecule has 0 bridgehead atoms. The highest BCUT2D eigenvalue weighted by Crippen LogP contribution is 2.18. The van der Waals surface area contributed by atoms with Crippen molar-refractivity contribution in [3.8, 4) is 0 Å². The van der Waals surface area contributed by atoms with Crippen molar-refractivity contribution < 1.29 is 9.32 Å². The summed E-state index contributed by atoms with van der Waals surface area (Å²) in [7, 11) is 0. The summed E-state index contributed by atoms with van der Waals surface area (Å²) in [5, 5.41) is 6.64. The Hall–Kier alpha value is -2.02. The lowest BCUT2D eigenvalue weighted by atomic mass is 10.0. The van der Waals surface area contributed by atoms with Crippen LogP contribution in [0.15, 0.2) is 17.1 Å². The lowest BCUT2D eigenvalue weighted by Crippen LogP contribution is -2.42. The van der Waals surface area contributed by atoms with Gasteiger partial charge in [0.2, 0.25) is 6.39 Å². The van der Waals surface area contributed by atoms with Crippen molar-refractivity contribution in [2.75, 3.05) is 0 Å². The van der Waals surface area contributed by atoms with Gasteiger partial charge in [-0.25, -0.2) is 9.97 Å². The fourth-order valence-electron chi connectivity index (χ4n) is 1.46. The Morgan fingerprint density at radius 2 is 2.16 bits per heavy atom. The van der Waals surface area contributed by atoms with E-state index in [4.69, 9.17) is 11.6 Å². The number of aryl methyl sites for hydroxylation is 1. The lowest BCUT2D eigenvalue weighted by molar-refractivity contribution is 0.0902. The molecule has 0 aliphatic rings. The number of carbonyl (C=O) groups is 1. The maximum absolute atomic E-state index is 12.2. The van der Waals surface area contributed by atoms with Crippen LogP contribution in [0.25, 0.3) is 0 Å². The van der Waals surface area contributed by atoms with E-state index in [0.29, 0.717) is 11.6 Å². The van der Waals surface area contributed by atoms with Gasteiger partial charge in [0.25, 0.3) is 5.91 Å². The van der Waals surface area contributed by atoms with Crippen LogP contribution in [-0.2, 0) is 5.54 Å². The highest BCUT2D eigenvalue weighted by atomic mass is 35.5. The first-order chi connectivity index (χ1) is 8.90. The van der Waals surface area contributed by atoms with E-state index in [1.807, 2.05) is 0 Å². The molecule has 0 aliphatic carbocycles. The van der Waals surface area contributed by atoms with Crippen molar-refractivity contribution in [1.82, 2.24) is 25.4 Å². The Labute approximate surface area is 114 Å². The van der Waals surface area contributed by atoms with Gasteiger partial charge in [0.15, 0.2) is 5.82 Å². The third kappa shape index (κ3) is 2.87. The van der Waals surface area contributed by atoms with E-state index in [0.717, 1.165) is 0 Å². The van der Waals surface area contributed by atoms with E-state index in [1.54, 1.807) is 20.8 Å². The van der Waals surface area contributed by atoms with Crippen molar-refractivity contribution in [3.63, 3.8) is 0 Å². The number of aromatic nitrogens is 4. The van der Waals surface area contributed by atoms with Crippen LogP contribution in [0.5, 0.6) is 0 Å². The van der Waals surface area contributed by atoms with Crippen LogP contribution in [0.1, 0.15) is 36.0 Å². The molecule has 100 valence electrons. The van der Waals surface area contributed by atoms with Gasteiger partial charge in [-0.15, -0.1) is 0 Å². The van der Waals surface area contributed by atoms with Crippen LogP contribution in [-0.4, -0.2) is 26.0 Å². The topological polar surface area (TPSA) is 93.8 Å². The molecule has 0 fully saturated rings. The maximum Gasteiger partial charge on any atom is 0.272 e. The van der Waals surface area contributed by atoms with Crippen LogP contribution < -0.4 is 5.32 Å². The standard InChI is InChI=1S/C11H12ClN5O2/c1-6-13-4-7(12)8(15-6)9(18)16-11(2,3)10-14-5-19-17-10/h4-5H,1-3H3,(H,16,18). The SMILES string of the molecule is Cc1ncc(Cl)c(C(=O)NC(C)(C)c2ncon2)n1. The number of nitrogens with one attached hydrogen (secondary N) is 1. The largest absolute Gasteiger partial charge is 0.343 e. The molecule has 2 heterocycles. The maximum atomic E-state index is 12.2. The average molecular weight is 282 g/mol. The van der Waals surface area contributed by atoms with Crippen LogP contribution in [0.4, 0.5) is 0 Å². The van der Waals surface area contributed by atoms with Crippen LogP contribution in [0, 0.1) is 6.92 Å². The van der Waals surface area contributed by atoms with E-state index in [-0.39, 0.29) is 10.7 Å². The number of carbonyl (C=O) groups excluding carboxylic acids is 1. The van der Waals surface area contributed by atoms with Gasteiger partial charge in [0.05, 0.1) is 16.8 Å². The number of rotatable bonds is 3. The number of nitrogens with zero attached hydrogens (tertiary/aromatic N) is 4. The van der Waals surface area contributed by atoms with Crippen LogP contribution in [0.3, 0.4) is 0 Å². The molecule has 0 unspecified atom stereocenters. The fourth-order valence-corrected chi connectivity index (χ4v) is 1.64. The summed E-state index contributed by atoms with van der Waals surface area (Å²) in [6.45, 7) is 5.17. The Morgan fingerprint density at radius 3 is 2.79 bits per heavy atom. The Morgan fingerprint density at radius 1 is 1.42 bits per heavy atom. The third-order valence-corrected chi connectivity index (χ3v) is 2.70. The number of halogens is 1. The van der Waals surface area contributed by atoms with E-state index >= 15 is 0 Å². The molecule has 1 amide bonds. The lowest BCUT2D eigenvalue weighted by Gasteiger charge is -2.22. The van der Waals surface area contributed by atoms with Gasteiger partial charge in [0.1, 0.15) is 11.5 Å². The summed E-state index contributed by atoms with van der Waals surface area (Å²) >= 11 is 5.91. The van der Waals surface area contributed by atoms with Crippen molar-refractivity contribution in [2.24, 2.45) is 0 Å². The van der Waals surface area contributed by atoms with Gasteiger partial charge >= 0.3 is 0 Å². The Kier molecular flexibility index (Phi) is 3.48. The predicted octanol–water partition coefficient (Wildman–Crippen LogP) is 1.49. The average Bonchev–Trinajstić information content (AvgIpc) is 2.86. The Bertz CT molecular complexity index is 597. The summed E-state index contributed by atoms with van der Waals surface area (Å²) in [6, 6.07) is 0. The third-order valence-electron chi connectivity index (χ3n) is 2.43. The zero-order valence-electron chi connectivity index (χ0n) is 10.6. The molecule has 0 aliphatic heterocycles. The molecule has 2 aromatic heterocycles. The molecule has 1 N–H and O–H groups in total. The monoisotopic (exact) mass is 281 g/mol. The molecule has 0 radical (unpaired) electrons. The number of amides is 1. The highest BCUT2D eigenvalue weighted by molar-refractivity contribution is 6.33. The quantitative estimate of drug-likeness (QED) is 0.916. The zero-order chi connectivity index (χ0) is 14.0. The summed E-state index contributed by atoms with van der Waals surface area (Å²) in [6.07, 6.45) is 2.59. The van der Waals surface area contributed by atoms with Crippen molar-refractivity contribution in [3.05, 3.63) is 35.0 Å². The second-order valence-electron chi connectivity index (χ2n) is 4.45. The number of hydrogen-bond acceptors (Lipinski definition) is 6. The summed E-state index contributed by atoms with van der Waals surface area (Å²) in [5.41, 5.74) is -0.683. The first-order valence-corrected chi connectivity index (χ1v) is 5.86. The van der Waals surface area contributed by atoms with Crippen molar-refractivity contribution >= 4 is 17.5 Å². The van der Waals surface area contributed by atoms with Gasteiger partial charge in [-0.05, 0) is 20.8 Å². The van der Waals surface area contributed by atoms with Gasteiger partial charge in [-0.2, -0.15) is 4.98 Å². The molecule has 0 spiro atoms. The Balaban J connectivity index is 2.24. The smallest absolute Gasteiger partial charge is 0.272 e. The molecular weight excluding hydrogens is 270 g/mol. The molecule has 8 heteroatoms. The summed E-state index contributed by atoms with van der Waals surface area (Å²) < 4.78 is 4.67. The minimum absolute atomic E-state index is 0.116. The van der Waals surface area contributed by atoms with E-state index in [9.17, 15) is 4.79 Å². The van der Waals surface area contributed by atoms with E-state index in [2.05, 4.69) is 29.9 Å². The molecular formula is C11H12ClN5O2. The van der Waals surface area contributed by atoms with Gasteiger partial charge in [0, 0.05) is 0 Å². The van der Waals surface area contributed by atoms with Crippen LogP contribution in [0.2, 0.25) is 5.02 Å². The molecule has 0 saturated heterocycles. The van der Waals surface area contributed by atoms with Crippen LogP contribution >= 0.6 is 11.6 Å². The summed E-state index contributed by atoms with van der Waals surface area (Å²) in [4.78, 5) is 24.0. The highest BCUT2D eigenvalue weighted by Gasteiger charge is 2.29. The molecule has 0 saturated carbocycles. The van der Waals surface area contributed by atoms with Crippen molar-refractivity contribution in [1.29, 1.82) is 0 Å². The number of hydrogen-bond donors (Lipinski definition) is 1. The fraction of sp³-hybridized carbons (Fsp3) is 0.364. The molecule has 7 nitrogen and oxygen atoms in total. The molecule has 2 aromatic rings. The van der Waals surface area contributed by atoms with Crippen molar-refractivity contribution in [2.45, 2.75) is 26.3 Å².